The highest BCUT2D eigenvalue weighted by Gasteiger charge is 2.27. The van der Waals surface area contributed by atoms with Crippen LogP contribution in [0.25, 0.3) is 0 Å². The minimum absolute atomic E-state index is 0.119. The molecule has 2 heterocycles. The van der Waals surface area contributed by atoms with Gasteiger partial charge in [-0.2, -0.15) is 0 Å². The molecule has 0 aliphatic carbocycles. The molecule has 1 saturated heterocycles. The standard InChI is InChI=1S/C17H28N2OS/c1-13(2)10-11-18-17(20)19-12-6-4-5-7-15(19)16-9-8-14(3)21-16/h8-9,13,15H,4-7,10-12H2,1-3H3,(H,18,20). The van der Waals surface area contributed by atoms with Crippen LogP contribution in [0.5, 0.6) is 0 Å². The molecular formula is C17H28N2OS. The van der Waals surface area contributed by atoms with E-state index >= 15 is 0 Å². The van der Waals surface area contributed by atoms with Gasteiger partial charge in [-0.05, 0) is 44.2 Å². The third-order valence-corrected chi connectivity index (χ3v) is 5.20. The summed E-state index contributed by atoms with van der Waals surface area (Å²) in [5, 5.41) is 3.11. The number of carbonyl (C=O) groups excluding carboxylic acids is 1. The summed E-state index contributed by atoms with van der Waals surface area (Å²) < 4.78 is 0. The first kappa shape index (κ1) is 16.3. The Bertz CT molecular complexity index is 455. The summed E-state index contributed by atoms with van der Waals surface area (Å²) in [4.78, 5) is 17.3. The Morgan fingerprint density at radius 2 is 2.19 bits per heavy atom. The van der Waals surface area contributed by atoms with E-state index in [1.807, 2.05) is 11.3 Å². The van der Waals surface area contributed by atoms with Gasteiger partial charge in [0, 0.05) is 22.8 Å². The van der Waals surface area contributed by atoms with Gasteiger partial charge in [0.1, 0.15) is 0 Å². The Balaban J connectivity index is 2.03. The predicted molar refractivity (Wildman–Crippen MR) is 89.8 cm³/mol. The summed E-state index contributed by atoms with van der Waals surface area (Å²) in [7, 11) is 0. The molecule has 2 amide bonds. The van der Waals surface area contributed by atoms with Crippen LogP contribution in [0.15, 0.2) is 12.1 Å². The molecule has 1 N–H and O–H groups in total. The van der Waals surface area contributed by atoms with Gasteiger partial charge in [-0.15, -0.1) is 11.3 Å². The number of nitrogens with one attached hydrogen (secondary N) is 1. The molecule has 2 rings (SSSR count). The second-order valence-electron chi connectivity index (χ2n) is 6.42. The van der Waals surface area contributed by atoms with E-state index in [-0.39, 0.29) is 12.1 Å². The quantitative estimate of drug-likeness (QED) is 0.857. The number of hydrogen-bond donors (Lipinski definition) is 1. The molecule has 1 fully saturated rings. The minimum Gasteiger partial charge on any atom is -0.338 e. The Labute approximate surface area is 132 Å². The average Bonchev–Trinajstić information content (AvgIpc) is 2.72. The summed E-state index contributed by atoms with van der Waals surface area (Å²) in [6.07, 6.45) is 5.71. The summed E-state index contributed by atoms with van der Waals surface area (Å²) in [6, 6.07) is 4.75. The monoisotopic (exact) mass is 308 g/mol. The van der Waals surface area contributed by atoms with Gasteiger partial charge in [0.15, 0.2) is 0 Å². The van der Waals surface area contributed by atoms with Crippen molar-refractivity contribution in [3.05, 3.63) is 21.9 Å². The summed E-state index contributed by atoms with van der Waals surface area (Å²) in [5.74, 6) is 0.630. The molecule has 0 bridgehead atoms. The van der Waals surface area contributed by atoms with Gasteiger partial charge in [0.2, 0.25) is 0 Å². The van der Waals surface area contributed by atoms with E-state index in [4.69, 9.17) is 0 Å². The van der Waals surface area contributed by atoms with E-state index in [1.165, 1.54) is 22.6 Å². The highest BCUT2D eigenvalue weighted by molar-refractivity contribution is 7.12. The first-order valence-corrected chi connectivity index (χ1v) is 9.00. The maximum absolute atomic E-state index is 12.5. The Morgan fingerprint density at radius 3 is 2.86 bits per heavy atom. The molecule has 0 saturated carbocycles. The molecule has 1 aromatic rings. The lowest BCUT2D eigenvalue weighted by Gasteiger charge is -2.29. The Hall–Kier alpha value is -1.03. The lowest BCUT2D eigenvalue weighted by molar-refractivity contribution is 0.176. The summed E-state index contributed by atoms with van der Waals surface area (Å²) in [6.45, 7) is 8.18. The number of aryl methyl sites for hydroxylation is 1. The highest BCUT2D eigenvalue weighted by atomic mass is 32.1. The van der Waals surface area contributed by atoms with Crippen LogP contribution < -0.4 is 5.32 Å². The SMILES string of the molecule is Cc1ccc(C2CCCCCN2C(=O)NCCC(C)C)s1. The lowest BCUT2D eigenvalue weighted by atomic mass is 10.1. The van der Waals surface area contributed by atoms with Crippen molar-refractivity contribution in [1.29, 1.82) is 0 Å². The number of carbonyl (C=O) groups is 1. The molecule has 0 aromatic carbocycles. The number of urea groups is 1. The molecule has 118 valence electrons. The number of rotatable bonds is 4. The lowest BCUT2D eigenvalue weighted by Crippen LogP contribution is -2.42. The van der Waals surface area contributed by atoms with E-state index in [2.05, 4.69) is 43.1 Å². The zero-order valence-electron chi connectivity index (χ0n) is 13.5. The molecule has 0 spiro atoms. The van der Waals surface area contributed by atoms with E-state index in [1.54, 1.807) is 0 Å². The smallest absolute Gasteiger partial charge is 0.317 e. The van der Waals surface area contributed by atoms with Crippen molar-refractivity contribution in [2.45, 2.75) is 58.9 Å². The minimum atomic E-state index is 0.119. The summed E-state index contributed by atoms with van der Waals surface area (Å²) in [5.41, 5.74) is 0. The maximum Gasteiger partial charge on any atom is 0.317 e. The zero-order valence-corrected chi connectivity index (χ0v) is 14.3. The molecule has 4 heteroatoms. The maximum atomic E-state index is 12.5. The van der Waals surface area contributed by atoms with Crippen LogP contribution in [0.2, 0.25) is 0 Å². The van der Waals surface area contributed by atoms with E-state index < -0.39 is 0 Å². The second kappa shape index (κ2) is 7.83. The highest BCUT2D eigenvalue weighted by Crippen LogP contribution is 2.34. The summed E-state index contributed by atoms with van der Waals surface area (Å²) >= 11 is 1.83. The van der Waals surface area contributed by atoms with Crippen molar-refractivity contribution >= 4 is 17.4 Å². The van der Waals surface area contributed by atoms with Crippen molar-refractivity contribution < 1.29 is 4.79 Å². The Morgan fingerprint density at radius 1 is 1.38 bits per heavy atom. The van der Waals surface area contributed by atoms with Gasteiger partial charge < -0.3 is 10.2 Å². The van der Waals surface area contributed by atoms with E-state index in [0.29, 0.717) is 5.92 Å². The molecular weight excluding hydrogens is 280 g/mol. The molecule has 1 aliphatic rings. The third kappa shape index (κ3) is 4.73. The molecule has 1 aliphatic heterocycles. The van der Waals surface area contributed by atoms with Gasteiger partial charge >= 0.3 is 6.03 Å². The largest absolute Gasteiger partial charge is 0.338 e. The molecule has 1 unspecified atom stereocenters. The van der Waals surface area contributed by atoms with Crippen LogP contribution in [-0.2, 0) is 0 Å². The van der Waals surface area contributed by atoms with Gasteiger partial charge in [-0.25, -0.2) is 4.79 Å². The fraction of sp³-hybridized carbons (Fsp3) is 0.706. The third-order valence-electron chi connectivity index (χ3n) is 4.10. The van der Waals surface area contributed by atoms with Crippen molar-refractivity contribution in [2.24, 2.45) is 5.92 Å². The van der Waals surface area contributed by atoms with E-state index in [9.17, 15) is 4.79 Å². The van der Waals surface area contributed by atoms with E-state index in [0.717, 1.165) is 32.4 Å². The van der Waals surface area contributed by atoms with Crippen molar-refractivity contribution in [2.75, 3.05) is 13.1 Å². The first-order valence-electron chi connectivity index (χ1n) is 8.18. The van der Waals surface area contributed by atoms with Crippen molar-refractivity contribution in [1.82, 2.24) is 10.2 Å². The number of hydrogen-bond acceptors (Lipinski definition) is 2. The fourth-order valence-corrected chi connectivity index (χ4v) is 3.87. The van der Waals surface area contributed by atoms with Crippen LogP contribution in [0.1, 0.15) is 61.7 Å². The predicted octanol–water partition coefficient (Wildman–Crippen LogP) is 4.73. The van der Waals surface area contributed by atoms with Gasteiger partial charge in [-0.1, -0.05) is 26.7 Å². The van der Waals surface area contributed by atoms with Crippen LogP contribution in [0, 0.1) is 12.8 Å². The fourth-order valence-electron chi connectivity index (χ4n) is 2.85. The van der Waals surface area contributed by atoms with Crippen LogP contribution in [0.4, 0.5) is 4.79 Å². The Kier molecular flexibility index (Phi) is 6.09. The number of amides is 2. The van der Waals surface area contributed by atoms with Gasteiger partial charge in [0.05, 0.1) is 6.04 Å². The molecule has 0 radical (unpaired) electrons. The number of nitrogens with zero attached hydrogens (tertiary/aromatic N) is 1. The van der Waals surface area contributed by atoms with Crippen molar-refractivity contribution in [3.8, 4) is 0 Å². The molecule has 1 aromatic heterocycles. The van der Waals surface area contributed by atoms with Gasteiger partial charge in [-0.3, -0.25) is 0 Å². The number of thiophene rings is 1. The van der Waals surface area contributed by atoms with Crippen LogP contribution >= 0.6 is 11.3 Å². The topological polar surface area (TPSA) is 32.3 Å². The van der Waals surface area contributed by atoms with Crippen LogP contribution in [0.3, 0.4) is 0 Å². The zero-order chi connectivity index (χ0) is 15.2. The van der Waals surface area contributed by atoms with Crippen LogP contribution in [-0.4, -0.2) is 24.0 Å². The number of likely N-dealkylation sites (tertiary alicyclic amines) is 1. The average molecular weight is 308 g/mol. The van der Waals surface area contributed by atoms with Crippen molar-refractivity contribution in [3.63, 3.8) is 0 Å². The second-order valence-corrected chi connectivity index (χ2v) is 7.74. The normalized spacial score (nSPS) is 19.6. The molecule has 3 nitrogen and oxygen atoms in total. The van der Waals surface area contributed by atoms with Gasteiger partial charge in [0.25, 0.3) is 0 Å². The first-order chi connectivity index (χ1) is 10.1. The molecule has 1 atom stereocenters. The molecule has 21 heavy (non-hydrogen) atoms.